The number of benzene rings is 1. The third kappa shape index (κ3) is 3.15. The lowest BCUT2D eigenvalue weighted by Gasteiger charge is -2.19. The quantitative estimate of drug-likeness (QED) is 0.761. The third-order valence-electron chi connectivity index (χ3n) is 1.91. The lowest BCUT2D eigenvalue weighted by atomic mass is 9.93. The van der Waals surface area contributed by atoms with Crippen LogP contribution in [0.5, 0.6) is 0 Å². The van der Waals surface area contributed by atoms with Crippen LogP contribution in [0.1, 0.15) is 25.0 Å². The van der Waals surface area contributed by atoms with Crippen LogP contribution in [-0.4, -0.2) is 5.54 Å². The SMILES string of the molecule is CC(C)(N)Cc1ccccc1CF. The van der Waals surface area contributed by atoms with E-state index in [1.807, 2.05) is 32.0 Å². The van der Waals surface area contributed by atoms with Gasteiger partial charge in [0.05, 0.1) is 0 Å². The lowest BCUT2D eigenvalue weighted by Crippen LogP contribution is -2.34. The molecule has 0 aliphatic carbocycles. The van der Waals surface area contributed by atoms with Gasteiger partial charge in [-0.1, -0.05) is 24.3 Å². The number of rotatable bonds is 3. The van der Waals surface area contributed by atoms with Crippen LogP contribution < -0.4 is 5.73 Å². The largest absolute Gasteiger partial charge is 0.325 e. The zero-order valence-electron chi connectivity index (χ0n) is 8.18. The zero-order valence-corrected chi connectivity index (χ0v) is 8.18. The van der Waals surface area contributed by atoms with Gasteiger partial charge < -0.3 is 5.73 Å². The summed E-state index contributed by atoms with van der Waals surface area (Å²) >= 11 is 0. The number of hydrogen-bond acceptors (Lipinski definition) is 1. The predicted molar refractivity (Wildman–Crippen MR) is 53.2 cm³/mol. The first-order chi connectivity index (χ1) is 6.03. The highest BCUT2D eigenvalue weighted by atomic mass is 19.1. The zero-order chi connectivity index (χ0) is 9.90. The molecule has 0 bridgehead atoms. The Labute approximate surface area is 78.8 Å². The molecule has 1 rings (SSSR count). The highest BCUT2D eigenvalue weighted by Gasteiger charge is 2.13. The number of halogens is 1. The van der Waals surface area contributed by atoms with Crippen LogP contribution in [0.4, 0.5) is 4.39 Å². The van der Waals surface area contributed by atoms with E-state index in [0.29, 0.717) is 6.42 Å². The molecule has 0 spiro atoms. The molecule has 1 aromatic carbocycles. The van der Waals surface area contributed by atoms with Gasteiger partial charge in [0.1, 0.15) is 6.67 Å². The van der Waals surface area contributed by atoms with Crippen molar-refractivity contribution in [2.45, 2.75) is 32.5 Å². The minimum absolute atomic E-state index is 0.273. The van der Waals surface area contributed by atoms with Gasteiger partial charge in [0.2, 0.25) is 0 Å². The molecule has 0 saturated heterocycles. The van der Waals surface area contributed by atoms with Crippen LogP contribution in [0.25, 0.3) is 0 Å². The Morgan fingerprint density at radius 3 is 2.23 bits per heavy atom. The van der Waals surface area contributed by atoms with Crippen molar-refractivity contribution in [1.29, 1.82) is 0 Å². The van der Waals surface area contributed by atoms with Crippen LogP contribution in [0.2, 0.25) is 0 Å². The molecular weight excluding hydrogens is 165 g/mol. The molecule has 0 fully saturated rings. The van der Waals surface area contributed by atoms with E-state index < -0.39 is 6.67 Å². The molecular formula is C11H16FN. The first-order valence-electron chi connectivity index (χ1n) is 4.44. The third-order valence-corrected chi connectivity index (χ3v) is 1.91. The van der Waals surface area contributed by atoms with Crippen molar-refractivity contribution < 1.29 is 4.39 Å². The fourth-order valence-corrected chi connectivity index (χ4v) is 1.35. The molecule has 2 heteroatoms. The number of nitrogens with two attached hydrogens (primary N) is 1. The molecule has 0 unspecified atom stereocenters. The van der Waals surface area contributed by atoms with Gasteiger partial charge in [0.25, 0.3) is 0 Å². The number of hydrogen-bond donors (Lipinski definition) is 1. The van der Waals surface area contributed by atoms with Crippen LogP contribution in [0.15, 0.2) is 24.3 Å². The average molecular weight is 181 g/mol. The van der Waals surface area contributed by atoms with E-state index in [4.69, 9.17) is 5.73 Å². The van der Waals surface area contributed by atoms with Crippen LogP contribution in [0, 0.1) is 0 Å². The van der Waals surface area contributed by atoms with Crippen molar-refractivity contribution in [2.24, 2.45) is 5.73 Å². The predicted octanol–water partition coefficient (Wildman–Crippen LogP) is 2.44. The molecule has 72 valence electrons. The molecule has 2 N–H and O–H groups in total. The molecule has 0 saturated carbocycles. The lowest BCUT2D eigenvalue weighted by molar-refractivity contribution is 0.471. The summed E-state index contributed by atoms with van der Waals surface area (Å²) in [5.41, 5.74) is 7.36. The fraction of sp³-hybridized carbons (Fsp3) is 0.455. The molecule has 1 aromatic rings. The van der Waals surface area contributed by atoms with Gasteiger partial charge in [-0.3, -0.25) is 0 Å². The van der Waals surface area contributed by atoms with E-state index >= 15 is 0 Å². The van der Waals surface area contributed by atoms with Gasteiger partial charge in [-0.2, -0.15) is 0 Å². The first kappa shape index (κ1) is 10.2. The Bertz CT molecular complexity index is 276. The van der Waals surface area contributed by atoms with Crippen LogP contribution in [-0.2, 0) is 13.1 Å². The normalized spacial score (nSPS) is 11.7. The van der Waals surface area contributed by atoms with Crippen LogP contribution in [0.3, 0.4) is 0 Å². The van der Waals surface area contributed by atoms with E-state index in [1.54, 1.807) is 6.07 Å². The van der Waals surface area contributed by atoms with Gasteiger partial charge in [-0.05, 0) is 31.4 Å². The summed E-state index contributed by atoms with van der Waals surface area (Å²) in [5.74, 6) is 0. The van der Waals surface area contributed by atoms with Gasteiger partial charge in [-0.15, -0.1) is 0 Å². The first-order valence-corrected chi connectivity index (χ1v) is 4.44. The minimum atomic E-state index is -0.410. The second-order valence-electron chi connectivity index (χ2n) is 4.07. The maximum absolute atomic E-state index is 12.5. The number of alkyl halides is 1. The van der Waals surface area contributed by atoms with E-state index in [2.05, 4.69) is 0 Å². The maximum Gasteiger partial charge on any atom is 0.115 e. The fourth-order valence-electron chi connectivity index (χ4n) is 1.35. The molecule has 0 atom stereocenters. The topological polar surface area (TPSA) is 26.0 Å². The highest BCUT2D eigenvalue weighted by Crippen LogP contribution is 2.15. The van der Waals surface area contributed by atoms with Crippen molar-refractivity contribution in [2.75, 3.05) is 0 Å². The molecule has 0 radical (unpaired) electrons. The molecule has 1 nitrogen and oxygen atoms in total. The van der Waals surface area contributed by atoms with E-state index in [1.165, 1.54) is 0 Å². The van der Waals surface area contributed by atoms with Gasteiger partial charge in [0.15, 0.2) is 0 Å². The van der Waals surface area contributed by atoms with Crippen molar-refractivity contribution >= 4 is 0 Å². The Kier molecular flexibility index (Phi) is 3.04. The molecule has 13 heavy (non-hydrogen) atoms. The highest BCUT2D eigenvalue weighted by molar-refractivity contribution is 5.27. The molecule has 0 aliphatic rings. The Balaban J connectivity index is 2.87. The van der Waals surface area contributed by atoms with Crippen molar-refractivity contribution in [3.63, 3.8) is 0 Å². The minimum Gasteiger partial charge on any atom is -0.325 e. The van der Waals surface area contributed by atoms with Gasteiger partial charge >= 0.3 is 0 Å². The van der Waals surface area contributed by atoms with E-state index in [0.717, 1.165) is 11.1 Å². The Morgan fingerprint density at radius 2 is 1.77 bits per heavy atom. The summed E-state index contributed by atoms with van der Waals surface area (Å²) in [7, 11) is 0. The standard InChI is InChI=1S/C11H16FN/c1-11(2,13)7-9-5-3-4-6-10(9)8-12/h3-6H,7-8,13H2,1-2H3. The summed E-state index contributed by atoms with van der Waals surface area (Å²) in [6.45, 7) is 3.48. The van der Waals surface area contributed by atoms with Gasteiger partial charge in [-0.25, -0.2) is 4.39 Å². The Hall–Kier alpha value is -0.890. The maximum atomic E-state index is 12.5. The summed E-state index contributed by atoms with van der Waals surface area (Å²) in [6, 6.07) is 7.51. The summed E-state index contributed by atoms with van der Waals surface area (Å²) < 4.78 is 12.5. The van der Waals surface area contributed by atoms with Crippen molar-refractivity contribution in [1.82, 2.24) is 0 Å². The van der Waals surface area contributed by atoms with Crippen molar-refractivity contribution in [3.8, 4) is 0 Å². The smallest absolute Gasteiger partial charge is 0.115 e. The molecule has 0 amide bonds. The van der Waals surface area contributed by atoms with E-state index in [-0.39, 0.29) is 5.54 Å². The second-order valence-corrected chi connectivity index (χ2v) is 4.07. The van der Waals surface area contributed by atoms with Gasteiger partial charge in [0, 0.05) is 5.54 Å². The average Bonchev–Trinajstić information content (AvgIpc) is 2.02. The Morgan fingerprint density at radius 1 is 1.23 bits per heavy atom. The molecule has 0 aromatic heterocycles. The van der Waals surface area contributed by atoms with Crippen molar-refractivity contribution in [3.05, 3.63) is 35.4 Å². The second kappa shape index (κ2) is 3.88. The van der Waals surface area contributed by atoms with Crippen LogP contribution >= 0.6 is 0 Å². The summed E-state index contributed by atoms with van der Waals surface area (Å²) in [5, 5.41) is 0. The monoisotopic (exact) mass is 181 g/mol. The summed E-state index contributed by atoms with van der Waals surface area (Å²) in [4.78, 5) is 0. The molecule has 0 heterocycles. The summed E-state index contributed by atoms with van der Waals surface area (Å²) in [6.07, 6.45) is 0.715. The van der Waals surface area contributed by atoms with E-state index in [9.17, 15) is 4.39 Å². The molecule has 0 aliphatic heterocycles.